The normalized spacial score (nSPS) is 11.1. The molecule has 0 bridgehead atoms. The van der Waals surface area contributed by atoms with E-state index in [9.17, 15) is 13.2 Å². The number of nitrogens with zero attached hydrogens (tertiary/aromatic N) is 1. The van der Waals surface area contributed by atoms with E-state index >= 15 is 0 Å². The van der Waals surface area contributed by atoms with Crippen molar-refractivity contribution in [3.8, 4) is 5.75 Å². The fourth-order valence-electron chi connectivity index (χ4n) is 1.47. The van der Waals surface area contributed by atoms with Crippen LogP contribution in [0.1, 0.15) is 0 Å². The number of alkyl halides is 3. The first-order valence-corrected chi connectivity index (χ1v) is 5.26. The highest BCUT2D eigenvalue weighted by atomic mass is 19.4. The molecule has 0 amide bonds. The summed E-state index contributed by atoms with van der Waals surface area (Å²) < 4.78 is 40.6. The minimum atomic E-state index is -4.74. The van der Waals surface area contributed by atoms with E-state index in [0.717, 1.165) is 0 Å². The number of nitrogen functional groups attached to an aromatic ring is 1. The van der Waals surface area contributed by atoms with Crippen molar-refractivity contribution in [2.45, 2.75) is 6.36 Å². The lowest BCUT2D eigenvalue weighted by Crippen LogP contribution is -2.17. The Morgan fingerprint density at radius 2 is 1.89 bits per heavy atom. The molecule has 0 saturated heterocycles. The van der Waals surface area contributed by atoms with Crippen LogP contribution < -0.4 is 15.8 Å². The van der Waals surface area contributed by atoms with Crippen LogP contribution in [0.4, 0.5) is 30.2 Å². The molecule has 0 spiro atoms. The number of rotatable bonds is 3. The zero-order valence-electron chi connectivity index (χ0n) is 9.61. The van der Waals surface area contributed by atoms with Gasteiger partial charge in [0, 0.05) is 6.20 Å². The molecule has 2 rings (SSSR count). The second kappa shape index (κ2) is 5.05. The van der Waals surface area contributed by atoms with Crippen molar-refractivity contribution in [3.05, 3.63) is 42.7 Å². The summed E-state index contributed by atoms with van der Waals surface area (Å²) in [7, 11) is 0. The molecule has 1 heterocycles. The predicted molar refractivity (Wildman–Crippen MR) is 65.1 cm³/mol. The predicted octanol–water partition coefficient (Wildman–Crippen LogP) is 3.31. The van der Waals surface area contributed by atoms with E-state index in [1.165, 1.54) is 30.6 Å². The van der Waals surface area contributed by atoms with Gasteiger partial charge in [0.05, 0.1) is 23.3 Å². The molecule has 1 aromatic carbocycles. The Balaban J connectivity index is 2.25. The first-order chi connectivity index (χ1) is 8.94. The van der Waals surface area contributed by atoms with Crippen LogP contribution >= 0.6 is 0 Å². The van der Waals surface area contributed by atoms with Gasteiger partial charge in [0.1, 0.15) is 0 Å². The Kier molecular flexibility index (Phi) is 3.46. The Bertz CT molecular complexity index is 572. The van der Waals surface area contributed by atoms with E-state index in [4.69, 9.17) is 5.73 Å². The molecule has 0 radical (unpaired) electrons. The Labute approximate surface area is 107 Å². The smallest absolute Gasteiger partial charge is 0.404 e. The molecule has 0 aliphatic carbocycles. The van der Waals surface area contributed by atoms with Crippen LogP contribution in [-0.2, 0) is 0 Å². The maximum Gasteiger partial charge on any atom is 0.573 e. The highest BCUT2D eigenvalue weighted by molar-refractivity contribution is 5.67. The SMILES string of the molecule is Nc1cncc(Nc2ccccc2OC(F)(F)F)c1. The summed E-state index contributed by atoms with van der Waals surface area (Å²) in [5.41, 5.74) is 6.58. The molecular weight excluding hydrogens is 259 g/mol. The van der Waals surface area contributed by atoms with Gasteiger partial charge in [-0.2, -0.15) is 0 Å². The second-order valence-electron chi connectivity index (χ2n) is 3.68. The molecule has 0 saturated carbocycles. The van der Waals surface area contributed by atoms with E-state index in [2.05, 4.69) is 15.0 Å². The molecule has 0 fully saturated rings. The third kappa shape index (κ3) is 3.77. The summed E-state index contributed by atoms with van der Waals surface area (Å²) in [6.45, 7) is 0. The topological polar surface area (TPSA) is 60.2 Å². The van der Waals surface area contributed by atoms with Crippen molar-refractivity contribution >= 4 is 17.1 Å². The molecule has 0 aliphatic heterocycles. The summed E-state index contributed by atoms with van der Waals surface area (Å²) in [4.78, 5) is 3.83. The van der Waals surface area contributed by atoms with Gasteiger partial charge in [0.2, 0.25) is 0 Å². The second-order valence-corrected chi connectivity index (χ2v) is 3.68. The molecule has 0 unspecified atom stereocenters. The summed E-state index contributed by atoms with van der Waals surface area (Å²) in [5, 5.41) is 2.77. The number of pyridine rings is 1. The number of nitrogens with one attached hydrogen (secondary N) is 1. The number of ether oxygens (including phenoxy) is 1. The van der Waals surface area contributed by atoms with Crippen molar-refractivity contribution < 1.29 is 17.9 Å². The van der Waals surface area contributed by atoms with Gasteiger partial charge in [0.25, 0.3) is 0 Å². The first kappa shape index (κ1) is 13.0. The van der Waals surface area contributed by atoms with Gasteiger partial charge in [-0.05, 0) is 18.2 Å². The standard InChI is InChI=1S/C12H10F3N3O/c13-12(14,15)19-11-4-2-1-3-10(11)18-9-5-8(16)6-17-7-9/h1-7,18H,16H2. The molecule has 0 atom stereocenters. The monoisotopic (exact) mass is 269 g/mol. The number of aromatic nitrogens is 1. The van der Waals surface area contributed by atoms with Gasteiger partial charge in [-0.3, -0.25) is 4.98 Å². The van der Waals surface area contributed by atoms with Crippen molar-refractivity contribution in [2.75, 3.05) is 11.1 Å². The van der Waals surface area contributed by atoms with E-state index in [1.807, 2.05) is 0 Å². The molecule has 19 heavy (non-hydrogen) atoms. The zero-order valence-corrected chi connectivity index (χ0v) is 9.61. The summed E-state index contributed by atoms with van der Waals surface area (Å²) in [5.74, 6) is -0.322. The Hall–Kier alpha value is -2.44. The molecule has 2 aromatic rings. The van der Waals surface area contributed by atoms with Crippen LogP contribution in [0.25, 0.3) is 0 Å². The van der Waals surface area contributed by atoms with Crippen molar-refractivity contribution in [3.63, 3.8) is 0 Å². The zero-order chi connectivity index (χ0) is 13.9. The van der Waals surface area contributed by atoms with Crippen molar-refractivity contribution in [2.24, 2.45) is 0 Å². The molecule has 4 nitrogen and oxygen atoms in total. The highest BCUT2D eigenvalue weighted by Gasteiger charge is 2.32. The lowest BCUT2D eigenvalue weighted by Gasteiger charge is -2.14. The molecule has 100 valence electrons. The average molecular weight is 269 g/mol. The minimum Gasteiger partial charge on any atom is -0.404 e. The number of nitrogens with two attached hydrogens (primary N) is 1. The van der Waals surface area contributed by atoms with Gasteiger partial charge >= 0.3 is 6.36 Å². The van der Waals surface area contributed by atoms with Crippen LogP contribution in [0, 0.1) is 0 Å². The van der Waals surface area contributed by atoms with E-state index in [-0.39, 0.29) is 11.4 Å². The van der Waals surface area contributed by atoms with Gasteiger partial charge in [-0.15, -0.1) is 13.2 Å². The number of benzene rings is 1. The van der Waals surface area contributed by atoms with E-state index in [1.54, 1.807) is 12.1 Å². The minimum absolute atomic E-state index is 0.173. The quantitative estimate of drug-likeness (QED) is 0.897. The largest absolute Gasteiger partial charge is 0.573 e. The van der Waals surface area contributed by atoms with E-state index in [0.29, 0.717) is 11.4 Å². The molecular formula is C12H10F3N3O. The molecule has 1 aromatic heterocycles. The third-order valence-electron chi connectivity index (χ3n) is 2.15. The van der Waals surface area contributed by atoms with Crippen LogP contribution in [0.2, 0.25) is 0 Å². The van der Waals surface area contributed by atoms with Crippen molar-refractivity contribution in [1.82, 2.24) is 4.98 Å². The number of hydrogen-bond donors (Lipinski definition) is 2. The average Bonchev–Trinajstić information content (AvgIpc) is 2.30. The third-order valence-corrected chi connectivity index (χ3v) is 2.15. The summed E-state index contributed by atoms with van der Waals surface area (Å²) in [6.07, 6.45) is -1.87. The van der Waals surface area contributed by atoms with Gasteiger partial charge < -0.3 is 15.8 Å². The maximum atomic E-state index is 12.2. The molecule has 7 heteroatoms. The number of hydrogen-bond acceptors (Lipinski definition) is 4. The number of anilines is 3. The van der Waals surface area contributed by atoms with Crippen LogP contribution in [0.15, 0.2) is 42.7 Å². The Morgan fingerprint density at radius 1 is 1.16 bits per heavy atom. The number of halogens is 3. The fourth-order valence-corrected chi connectivity index (χ4v) is 1.47. The van der Waals surface area contributed by atoms with Crippen molar-refractivity contribution in [1.29, 1.82) is 0 Å². The molecule has 0 aliphatic rings. The number of para-hydroxylation sites is 2. The molecule has 3 N–H and O–H groups in total. The summed E-state index contributed by atoms with van der Waals surface area (Å²) >= 11 is 0. The summed E-state index contributed by atoms with van der Waals surface area (Å²) in [6, 6.07) is 7.27. The van der Waals surface area contributed by atoms with Gasteiger partial charge in [0.15, 0.2) is 5.75 Å². The van der Waals surface area contributed by atoms with Crippen LogP contribution in [0.3, 0.4) is 0 Å². The lowest BCUT2D eigenvalue weighted by atomic mass is 10.2. The lowest BCUT2D eigenvalue weighted by molar-refractivity contribution is -0.274. The van der Waals surface area contributed by atoms with Crippen LogP contribution in [0.5, 0.6) is 5.75 Å². The maximum absolute atomic E-state index is 12.2. The van der Waals surface area contributed by atoms with Gasteiger partial charge in [-0.25, -0.2) is 0 Å². The fraction of sp³-hybridized carbons (Fsp3) is 0.0833. The van der Waals surface area contributed by atoms with E-state index < -0.39 is 6.36 Å². The highest BCUT2D eigenvalue weighted by Crippen LogP contribution is 2.32. The van der Waals surface area contributed by atoms with Gasteiger partial charge in [-0.1, -0.05) is 12.1 Å². The van der Waals surface area contributed by atoms with Crippen LogP contribution in [-0.4, -0.2) is 11.3 Å². The first-order valence-electron chi connectivity index (χ1n) is 5.26. The Morgan fingerprint density at radius 3 is 2.58 bits per heavy atom.